The van der Waals surface area contributed by atoms with Crippen LogP contribution in [0.3, 0.4) is 0 Å². The van der Waals surface area contributed by atoms with Crippen LogP contribution in [0.15, 0.2) is 12.3 Å². The van der Waals surface area contributed by atoms with Crippen LogP contribution in [-0.4, -0.2) is 28.2 Å². The van der Waals surface area contributed by atoms with Crippen LogP contribution in [0.4, 0.5) is 0 Å². The van der Waals surface area contributed by atoms with E-state index in [1.54, 1.807) is 23.8 Å². The lowest BCUT2D eigenvalue weighted by molar-refractivity contribution is 0.0913. The Hall–Kier alpha value is -1.00. The van der Waals surface area contributed by atoms with E-state index >= 15 is 0 Å². The van der Waals surface area contributed by atoms with Crippen molar-refractivity contribution in [3.63, 3.8) is 0 Å². The maximum atomic E-state index is 11.8. The van der Waals surface area contributed by atoms with Crippen LogP contribution >= 0.6 is 11.6 Å². The van der Waals surface area contributed by atoms with E-state index in [0.29, 0.717) is 10.7 Å². The van der Waals surface area contributed by atoms with E-state index in [2.05, 4.69) is 5.32 Å². The molecule has 1 aromatic rings. The standard InChI is InChI=1S/C11H17ClN2O2/c1-7(2)14-6-9(12)4-10(14)11(16)13-5-8(3)15/h4,6-8,15H,5H2,1-3H3,(H,13,16)/t8-/m0/s1. The highest BCUT2D eigenvalue weighted by molar-refractivity contribution is 6.31. The number of aliphatic hydroxyl groups excluding tert-OH is 1. The number of nitrogens with one attached hydrogen (secondary N) is 1. The topological polar surface area (TPSA) is 54.3 Å². The number of carbonyl (C=O) groups is 1. The average Bonchev–Trinajstić information content (AvgIpc) is 2.56. The van der Waals surface area contributed by atoms with Gasteiger partial charge in [-0.3, -0.25) is 4.79 Å². The molecule has 1 heterocycles. The van der Waals surface area contributed by atoms with Crippen LogP contribution in [0.25, 0.3) is 0 Å². The first-order valence-corrected chi connectivity index (χ1v) is 5.63. The van der Waals surface area contributed by atoms with E-state index in [-0.39, 0.29) is 18.5 Å². The van der Waals surface area contributed by atoms with Crippen molar-refractivity contribution < 1.29 is 9.90 Å². The number of aliphatic hydroxyl groups is 1. The van der Waals surface area contributed by atoms with E-state index < -0.39 is 6.10 Å². The molecule has 0 saturated carbocycles. The van der Waals surface area contributed by atoms with E-state index in [1.807, 2.05) is 13.8 Å². The predicted molar refractivity (Wildman–Crippen MR) is 63.8 cm³/mol. The minimum absolute atomic E-state index is 0.166. The molecule has 0 aromatic carbocycles. The zero-order valence-corrected chi connectivity index (χ0v) is 10.5. The molecule has 1 aromatic heterocycles. The molecule has 0 radical (unpaired) electrons. The zero-order valence-electron chi connectivity index (χ0n) is 9.70. The first-order chi connectivity index (χ1) is 7.41. The molecule has 0 unspecified atom stereocenters. The maximum Gasteiger partial charge on any atom is 0.268 e. The van der Waals surface area contributed by atoms with Crippen molar-refractivity contribution in [1.29, 1.82) is 0 Å². The zero-order chi connectivity index (χ0) is 12.3. The second kappa shape index (κ2) is 5.37. The minimum atomic E-state index is -0.554. The summed E-state index contributed by atoms with van der Waals surface area (Å²) in [5.74, 6) is -0.221. The Morgan fingerprint density at radius 2 is 2.19 bits per heavy atom. The van der Waals surface area contributed by atoms with Gasteiger partial charge in [-0.05, 0) is 26.8 Å². The molecule has 0 aliphatic rings. The normalized spacial score (nSPS) is 12.9. The predicted octanol–water partition coefficient (Wildman–Crippen LogP) is 1.83. The fraction of sp³-hybridized carbons (Fsp3) is 0.545. The highest BCUT2D eigenvalue weighted by Crippen LogP contribution is 2.18. The van der Waals surface area contributed by atoms with Gasteiger partial charge in [-0.15, -0.1) is 0 Å². The van der Waals surface area contributed by atoms with Crippen molar-refractivity contribution in [2.75, 3.05) is 6.54 Å². The molecule has 2 N–H and O–H groups in total. The number of hydrogen-bond donors (Lipinski definition) is 2. The number of nitrogens with zero attached hydrogens (tertiary/aromatic N) is 1. The summed E-state index contributed by atoms with van der Waals surface area (Å²) >= 11 is 5.87. The molecule has 0 aliphatic carbocycles. The van der Waals surface area contributed by atoms with Crippen LogP contribution in [0.5, 0.6) is 0 Å². The highest BCUT2D eigenvalue weighted by Gasteiger charge is 2.14. The largest absolute Gasteiger partial charge is 0.392 e. The minimum Gasteiger partial charge on any atom is -0.392 e. The maximum absolute atomic E-state index is 11.8. The van der Waals surface area contributed by atoms with Crippen molar-refractivity contribution in [3.8, 4) is 0 Å². The highest BCUT2D eigenvalue weighted by atomic mass is 35.5. The second-order valence-corrected chi connectivity index (χ2v) is 4.54. The molecule has 0 aliphatic heterocycles. The Bertz CT molecular complexity index is 372. The quantitative estimate of drug-likeness (QED) is 0.849. The average molecular weight is 245 g/mol. The molecule has 1 amide bonds. The lowest BCUT2D eigenvalue weighted by atomic mass is 10.3. The van der Waals surface area contributed by atoms with E-state index in [1.165, 1.54) is 0 Å². The SMILES string of the molecule is CC(C)n1cc(Cl)cc1C(=O)NC[C@H](C)O. The Kier molecular flexibility index (Phi) is 4.38. The molecule has 0 saturated heterocycles. The molecule has 4 nitrogen and oxygen atoms in total. The first-order valence-electron chi connectivity index (χ1n) is 5.25. The van der Waals surface area contributed by atoms with Gasteiger partial charge in [0.15, 0.2) is 0 Å². The van der Waals surface area contributed by atoms with Crippen molar-refractivity contribution in [3.05, 3.63) is 23.0 Å². The molecule has 5 heteroatoms. The van der Waals surface area contributed by atoms with E-state index in [4.69, 9.17) is 16.7 Å². The smallest absolute Gasteiger partial charge is 0.268 e. The number of hydrogen-bond acceptors (Lipinski definition) is 2. The molecule has 1 atom stereocenters. The molecule has 0 fully saturated rings. The summed E-state index contributed by atoms with van der Waals surface area (Å²) in [4.78, 5) is 11.8. The van der Waals surface area contributed by atoms with Crippen LogP contribution < -0.4 is 5.32 Å². The Morgan fingerprint density at radius 3 is 2.69 bits per heavy atom. The lowest BCUT2D eigenvalue weighted by Gasteiger charge is -2.13. The van der Waals surface area contributed by atoms with Gasteiger partial charge < -0.3 is 15.0 Å². The molecule has 0 bridgehead atoms. The number of carbonyl (C=O) groups excluding carboxylic acids is 1. The third kappa shape index (κ3) is 3.25. The Balaban J connectivity index is 2.82. The van der Waals surface area contributed by atoms with Crippen LogP contribution in [-0.2, 0) is 0 Å². The summed E-state index contributed by atoms with van der Waals surface area (Å²) < 4.78 is 1.81. The van der Waals surface area contributed by atoms with Crippen molar-refractivity contribution in [2.45, 2.75) is 32.9 Å². The number of halogens is 1. The molecular formula is C11H17ClN2O2. The molecular weight excluding hydrogens is 228 g/mol. The lowest BCUT2D eigenvalue weighted by Crippen LogP contribution is -2.32. The molecule has 0 spiro atoms. The molecule has 16 heavy (non-hydrogen) atoms. The van der Waals surface area contributed by atoms with Crippen molar-refractivity contribution in [1.82, 2.24) is 9.88 Å². The van der Waals surface area contributed by atoms with Gasteiger partial charge in [0, 0.05) is 18.8 Å². The monoisotopic (exact) mass is 244 g/mol. The summed E-state index contributed by atoms with van der Waals surface area (Å²) in [5, 5.41) is 12.3. The number of aromatic nitrogens is 1. The van der Waals surface area contributed by atoms with E-state index in [9.17, 15) is 4.79 Å². The summed E-state index contributed by atoms with van der Waals surface area (Å²) in [7, 11) is 0. The molecule has 1 rings (SSSR count). The number of rotatable bonds is 4. The van der Waals surface area contributed by atoms with Gasteiger partial charge >= 0.3 is 0 Å². The van der Waals surface area contributed by atoms with Gasteiger partial charge in [0.25, 0.3) is 5.91 Å². The van der Waals surface area contributed by atoms with Crippen LogP contribution in [0.1, 0.15) is 37.3 Å². The Morgan fingerprint density at radius 1 is 1.56 bits per heavy atom. The van der Waals surface area contributed by atoms with Crippen molar-refractivity contribution >= 4 is 17.5 Å². The fourth-order valence-electron chi connectivity index (χ4n) is 1.39. The molecule has 90 valence electrons. The van der Waals surface area contributed by atoms with Gasteiger partial charge in [0.2, 0.25) is 0 Å². The number of amides is 1. The van der Waals surface area contributed by atoms with Gasteiger partial charge in [-0.25, -0.2) is 0 Å². The van der Waals surface area contributed by atoms with Gasteiger partial charge in [-0.2, -0.15) is 0 Å². The van der Waals surface area contributed by atoms with E-state index in [0.717, 1.165) is 0 Å². The van der Waals surface area contributed by atoms with Crippen LogP contribution in [0.2, 0.25) is 5.02 Å². The third-order valence-electron chi connectivity index (χ3n) is 2.16. The van der Waals surface area contributed by atoms with Gasteiger partial charge in [-0.1, -0.05) is 11.6 Å². The third-order valence-corrected chi connectivity index (χ3v) is 2.37. The fourth-order valence-corrected chi connectivity index (χ4v) is 1.59. The van der Waals surface area contributed by atoms with Crippen molar-refractivity contribution in [2.24, 2.45) is 0 Å². The summed E-state index contributed by atoms with van der Waals surface area (Å²) in [5.41, 5.74) is 0.514. The van der Waals surface area contributed by atoms with Gasteiger partial charge in [0.1, 0.15) is 5.69 Å². The summed E-state index contributed by atoms with van der Waals surface area (Å²) in [6, 6.07) is 1.79. The second-order valence-electron chi connectivity index (χ2n) is 4.10. The van der Waals surface area contributed by atoms with Gasteiger partial charge in [0.05, 0.1) is 11.1 Å². The van der Waals surface area contributed by atoms with Crippen LogP contribution in [0, 0.1) is 0 Å². The first kappa shape index (κ1) is 13.1. The summed E-state index contributed by atoms with van der Waals surface area (Å²) in [6.45, 7) is 5.80. The summed E-state index contributed by atoms with van der Waals surface area (Å²) in [6.07, 6.45) is 1.17. The Labute approximate surface area is 100 Å².